The van der Waals surface area contributed by atoms with Crippen LogP contribution in [0.3, 0.4) is 0 Å². The molecule has 1 unspecified atom stereocenters. The van der Waals surface area contributed by atoms with Crippen molar-refractivity contribution < 1.29 is 28.6 Å². The maximum atomic E-state index is 13.2. The fraction of sp³-hybridized carbons (Fsp3) is 0.423. The number of amides is 2. The van der Waals surface area contributed by atoms with Crippen molar-refractivity contribution in [1.82, 2.24) is 10.2 Å². The van der Waals surface area contributed by atoms with E-state index in [0.717, 1.165) is 12.2 Å². The van der Waals surface area contributed by atoms with Gasteiger partial charge in [-0.2, -0.15) is 0 Å². The minimum atomic E-state index is -0.906. The van der Waals surface area contributed by atoms with E-state index in [1.165, 1.54) is 4.90 Å². The van der Waals surface area contributed by atoms with Crippen molar-refractivity contribution in [1.29, 1.82) is 0 Å². The zero-order chi connectivity index (χ0) is 24.3. The minimum Gasteiger partial charge on any atom is -0.490 e. The maximum absolute atomic E-state index is 13.2. The van der Waals surface area contributed by atoms with Gasteiger partial charge in [-0.25, -0.2) is 0 Å². The molecule has 2 aromatic carbocycles. The number of ether oxygens (including phenoxy) is 3. The zero-order valence-corrected chi connectivity index (χ0v) is 19.7. The summed E-state index contributed by atoms with van der Waals surface area (Å²) in [6.45, 7) is 5.68. The first-order valence-electron chi connectivity index (χ1n) is 11.6. The smallest absolute Gasteiger partial charge is 0.308 e. The van der Waals surface area contributed by atoms with Crippen LogP contribution in [0.4, 0.5) is 0 Å². The zero-order valence-electron chi connectivity index (χ0n) is 19.7. The molecule has 1 aliphatic rings. The van der Waals surface area contributed by atoms with Crippen LogP contribution >= 0.6 is 0 Å². The molecule has 34 heavy (non-hydrogen) atoms. The summed E-state index contributed by atoms with van der Waals surface area (Å²) in [5, 5.41) is 2.73. The first kappa shape index (κ1) is 25.1. The molecule has 0 spiro atoms. The molecule has 1 fully saturated rings. The highest BCUT2D eigenvalue weighted by molar-refractivity contribution is 5.99. The second kappa shape index (κ2) is 12.6. The number of hydrogen-bond acceptors (Lipinski definition) is 6. The van der Waals surface area contributed by atoms with Crippen LogP contribution in [0.1, 0.15) is 37.0 Å². The van der Waals surface area contributed by atoms with Gasteiger partial charge in [0, 0.05) is 18.7 Å². The quantitative estimate of drug-likeness (QED) is 0.402. The monoisotopic (exact) mass is 468 g/mol. The SMILES string of the molecule is CC(C)CCOC(=O)CC1C(=O)NCCN1C(=O)c1cccc(OCCOc2ccccc2)c1. The number of benzene rings is 2. The van der Waals surface area contributed by atoms with Crippen molar-refractivity contribution in [3.05, 3.63) is 60.2 Å². The molecule has 1 saturated heterocycles. The Morgan fingerprint density at radius 2 is 1.71 bits per heavy atom. The lowest BCUT2D eigenvalue weighted by Crippen LogP contribution is -2.57. The topological polar surface area (TPSA) is 94.2 Å². The predicted octanol–water partition coefficient (Wildman–Crippen LogP) is 3.06. The summed E-state index contributed by atoms with van der Waals surface area (Å²) in [5.41, 5.74) is 0.384. The Morgan fingerprint density at radius 1 is 1.00 bits per heavy atom. The molecule has 1 atom stereocenters. The van der Waals surface area contributed by atoms with Crippen LogP contribution in [0.25, 0.3) is 0 Å². The van der Waals surface area contributed by atoms with Crippen molar-refractivity contribution in [2.45, 2.75) is 32.7 Å². The van der Waals surface area contributed by atoms with Gasteiger partial charge in [-0.05, 0) is 42.7 Å². The molecule has 0 aliphatic carbocycles. The molecule has 0 radical (unpaired) electrons. The highest BCUT2D eigenvalue weighted by Gasteiger charge is 2.35. The van der Waals surface area contributed by atoms with Gasteiger partial charge in [0.15, 0.2) is 0 Å². The molecule has 3 rings (SSSR count). The number of carbonyl (C=O) groups is 3. The predicted molar refractivity (Wildman–Crippen MR) is 127 cm³/mol. The Balaban J connectivity index is 1.57. The van der Waals surface area contributed by atoms with E-state index in [1.54, 1.807) is 24.3 Å². The first-order valence-corrected chi connectivity index (χ1v) is 11.6. The molecule has 0 saturated carbocycles. The Labute approximate surface area is 200 Å². The van der Waals surface area contributed by atoms with E-state index in [2.05, 4.69) is 5.32 Å². The van der Waals surface area contributed by atoms with Gasteiger partial charge in [-0.15, -0.1) is 0 Å². The second-order valence-corrected chi connectivity index (χ2v) is 8.45. The standard InChI is InChI=1S/C26H32N2O6/c1-19(2)11-14-34-24(29)18-23-25(30)27-12-13-28(23)26(31)20-7-6-10-22(17-20)33-16-15-32-21-8-4-3-5-9-21/h3-10,17,19,23H,11-16,18H2,1-2H3,(H,27,30). The summed E-state index contributed by atoms with van der Waals surface area (Å²) >= 11 is 0. The van der Waals surface area contributed by atoms with Crippen LogP contribution in [0.2, 0.25) is 0 Å². The average Bonchev–Trinajstić information content (AvgIpc) is 2.83. The molecule has 2 aromatic rings. The van der Waals surface area contributed by atoms with Crippen LogP contribution in [0.5, 0.6) is 11.5 Å². The van der Waals surface area contributed by atoms with Crippen LogP contribution in [0.15, 0.2) is 54.6 Å². The lowest BCUT2D eigenvalue weighted by atomic mass is 10.1. The lowest BCUT2D eigenvalue weighted by Gasteiger charge is -2.34. The Bertz CT molecular complexity index is 963. The molecule has 0 bridgehead atoms. The highest BCUT2D eigenvalue weighted by atomic mass is 16.5. The van der Waals surface area contributed by atoms with Crippen molar-refractivity contribution in [2.24, 2.45) is 5.92 Å². The minimum absolute atomic E-state index is 0.178. The van der Waals surface area contributed by atoms with Gasteiger partial charge in [0.05, 0.1) is 13.0 Å². The van der Waals surface area contributed by atoms with Crippen molar-refractivity contribution in [3.8, 4) is 11.5 Å². The number of piperazine rings is 1. The number of nitrogens with zero attached hydrogens (tertiary/aromatic N) is 1. The van der Waals surface area contributed by atoms with E-state index in [1.807, 2.05) is 44.2 Å². The average molecular weight is 469 g/mol. The Morgan fingerprint density at radius 3 is 2.44 bits per heavy atom. The summed E-state index contributed by atoms with van der Waals surface area (Å²) in [4.78, 5) is 39.4. The third-order valence-corrected chi connectivity index (χ3v) is 5.35. The van der Waals surface area contributed by atoms with Crippen LogP contribution in [0, 0.1) is 5.92 Å². The summed E-state index contributed by atoms with van der Waals surface area (Å²) < 4.78 is 16.6. The second-order valence-electron chi connectivity index (χ2n) is 8.45. The molecule has 1 heterocycles. The molecule has 182 valence electrons. The van der Waals surface area contributed by atoms with Gasteiger partial charge in [0.2, 0.25) is 5.91 Å². The van der Waals surface area contributed by atoms with E-state index in [0.29, 0.717) is 50.1 Å². The van der Waals surface area contributed by atoms with E-state index in [4.69, 9.17) is 14.2 Å². The number of hydrogen-bond donors (Lipinski definition) is 1. The van der Waals surface area contributed by atoms with Crippen molar-refractivity contribution in [2.75, 3.05) is 32.9 Å². The summed E-state index contributed by atoms with van der Waals surface area (Å²) in [7, 11) is 0. The molecular formula is C26H32N2O6. The third kappa shape index (κ3) is 7.50. The fourth-order valence-electron chi connectivity index (χ4n) is 3.51. The molecule has 8 nitrogen and oxygen atoms in total. The molecule has 0 aromatic heterocycles. The molecule has 8 heteroatoms. The van der Waals surface area contributed by atoms with Gasteiger partial charge >= 0.3 is 5.97 Å². The van der Waals surface area contributed by atoms with Crippen LogP contribution in [-0.2, 0) is 14.3 Å². The van der Waals surface area contributed by atoms with Crippen molar-refractivity contribution >= 4 is 17.8 Å². The molecular weight excluding hydrogens is 436 g/mol. The van der Waals surface area contributed by atoms with E-state index >= 15 is 0 Å². The van der Waals surface area contributed by atoms with E-state index in [-0.39, 0.29) is 18.2 Å². The summed E-state index contributed by atoms with van der Waals surface area (Å²) in [5.74, 6) is 0.506. The summed E-state index contributed by atoms with van der Waals surface area (Å²) in [6.07, 6.45) is 0.567. The highest BCUT2D eigenvalue weighted by Crippen LogP contribution is 2.19. The number of esters is 1. The van der Waals surface area contributed by atoms with Gasteiger partial charge in [-0.3, -0.25) is 14.4 Å². The van der Waals surface area contributed by atoms with Crippen molar-refractivity contribution in [3.63, 3.8) is 0 Å². The van der Waals surface area contributed by atoms with Crippen LogP contribution in [-0.4, -0.2) is 61.6 Å². The lowest BCUT2D eigenvalue weighted by molar-refractivity contribution is -0.148. The number of rotatable bonds is 11. The Kier molecular flexibility index (Phi) is 9.31. The number of para-hydroxylation sites is 1. The fourth-order valence-corrected chi connectivity index (χ4v) is 3.51. The van der Waals surface area contributed by atoms with Crippen LogP contribution < -0.4 is 14.8 Å². The molecule has 1 N–H and O–H groups in total. The first-order chi connectivity index (χ1) is 16.4. The maximum Gasteiger partial charge on any atom is 0.308 e. The van der Waals surface area contributed by atoms with Gasteiger partial charge in [0.1, 0.15) is 30.8 Å². The third-order valence-electron chi connectivity index (χ3n) is 5.35. The van der Waals surface area contributed by atoms with Gasteiger partial charge in [0.25, 0.3) is 5.91 Å². The largest absolute Gasteiger partial charge is 0.490 e. The number of nitrogens with one attached hydrogen (secondary N) is 1. The molecule has 1 aliphatic heterocycles. The van der Waals surface area contributed by atoms with Gasteiger partial charge < -0.3 is 24.4 Å². The van der Waals surface area contributed by atoms with E-state index in [9.17, 15) is 14.4 Å². The number of carbonyl (C=O) groups excluding carboxylic acids is 3. The summed E-state index contributed by atoms with van der Waals surface area (Å²) in [6, 6.07) is 15.3. The molecule has 2 amide bonds. The normalized spacial score (nSPS) is 15.6. The van der Waals surface area contributed by atoms with Gasteiger partial charge in [-0.1, -0.05) is 38.1 Å². The van der Waals surface area contributed by atoms with E-state index < -0.39 is 12.0 Å². The Hall–Kier alpha value is -3.55.